The van der Waals surface area contributed by atoms with Gasteiger partial charge in [0.25, 0.3) is 5.91 Å². The first kappa shape index (κ1) is 28.6. The fourth-order valence-electron chi connectivity index (χ4n) is 4.67. The Morgan fingerprint density at radius 2 is 1.85 bits per heavy atom. The molecule has 2 aromatic heterocycles. The van der Waals surface area contributed by atoms with E-state index in [1.807, 2.05) is 64.4 Å². The summed E-state index contributed by atoms with van der Waals surface area (Å²) in [4.78, 5) is 54.9. The number of aromatic nitrogens is 3. The number of likely N-dealkylation sites (tertiary alicyclic amines) is 1. The lowest BCUT2D eigenvalue weighted by molar-refractivity contribution is -0.142. The summed E-state index contributed by atoms with van der Waals surface area (Å²) in [6.45, 7) is 9.94. The van der Waals surface area contributed by atoms with E-state index in [1.165, 1.54) is 12.4 Å². The van der Waals surface area contributed by atoms with E-state index in [0.29, 0.717) is 19.4 Å². The lowest BCUT2D eigenvalue weighted by Gasteiger charge is -2.35. The van der Waals surface area contributed by atoms with Crippen LogP contribution < -0.4 is 10.6 Å². The number of nitrogens with one attached hydrogen (secondary N) is 2. The van der Waals surface area contributed by atoms with Crippen molar-refractivity contribution in [1.82, 2.24) is 30.5 Å². The van der Waals surface area contributed by atoms with E-state index < -0.39 is 23.4 Å². The zero-order chi connectivity index (χ0) is 28.3. The topological polar surface area (TPSA) is 117 Å². The second kappa shape index (κ2) is 11.8. The molecule has 39 heavy (non-hydrogen) atoms. The Balaban J connectivity index is 1.44. The third-order valence-corrected chi connectivity index (χ3v) is 8.00. The molecule has 9 nitrogen and oxygen atoms in total. The van der Waals surface area contributed by atoms with Gasteiger partial charge in [-0.3, -0.25) is 19.4 Å². The molecule has 1 aliphatic rings. The monoisotopic (exact) mass is 568 g/mol. The summed E-state index contributed by atoms with van der Waals surface area (Å²) in [5.74, 6) is -1.07. The number of halogens is 1. The van der Waals surface area contributed by atoms with Crippen LogP contribution in [0.2, 0.25) is 5.15 Å². The number of amides is 3. The molecule has 3 aromatic rings. The van der Waals surface area contributed by atoms with E-state index >= 15 is 0 Å². The third-order valence-electron chi connectivity index (χ3n) is 6.84. The summed E-state index contributed by atoms with van der Waals surface area (Å²) in [5, 5.41) is 5.96. The van der Waals surface area contributed by atoms with E-state index in [2.05, 4.69) is 25.6 Å². The van der Waals surface area contributed by atoms with Crippen LogP contribution in [-0.4, -0.2) is 56.2 Å². The molecule has 3 heterocycles. The molecule has 1 aromatic carbocycles. The highest BCUT2D eigenvalue weighted by Crippen LogP contribution is 2.29. The van der Waals surface area contributed by atoms with Crippen molar-refractivity contribution < 1.29 is 14.4 Å². The molecular formula is C28H33ClN6O3S. The molecular weight excluding hydrogens is 536 g/mol. The summed E-state index contributed by atoms with van der Waals surface area (Å²) in [5.41, 5.74) is 4.28. The van der Waals surface area contributed by atoms with Crippen LogP contribution in [0.1, 0.15) is 68.3 Å². The van der Waals surface area contributed by atoms with Crippen LogP contribution in [0.3, 0.4) is 0 Å². The molecule has 1 saturated heterocycles. The maximum absolute atomic E-state index is 13.7. The van der Waals surface area contributed by atoms with Gasteiger partial charge in [-0.2, -0.15) is 0 Å². The maximum Gasteiger partial charge on any atom is 0.272 e. The zero-order valence-electron chi connectivity index (χ0n) is 22.7. The molecule has 11 heteroatoms. The predicted molar refractivity (Wildman–Crippen MR) is 151 cm³/mol. The van der Waals surface area contributed by atoms with Crippen molar-refractivity contribution in [2.75, 3.05) is 6.54 Å². The normalized spacial score (nSPS) is 17.0. The summed E-state index contributed by atoms with van der Waals surface area (Å²) in [7, 11) is 0. The van der Waals surface area contributed by atoms with Gasteiger partial charge in [0.2, 0.25) is 11.8 Å². The van der Waals surface area contributed by atoms with E-state index in [9.17, 15) is 14.4 Å². The summed E-state index contributed by atoms with van der Waals surface area (Å²) in [6, 6.07) is 6.33. The molecule has 0 aliphatic carbocycles. The van der Waals surface area contributed by atoms with Crippen LogP contribution in [-0.2, 0) is 9.59 Å². The van der Waals surface area contributed by atoms with Gasteiger partial charge in [0.15, 0.2) is 0 Å². The molecule has 4 rings (SSSR count). The van der Waals surface area contributed by atoms with Crippen molar-refractivity contribution in [3.05, 3.63) is 64.3 Å². The van der Waals surface area contributed by atoms with Gasteiger partial charge in [-0.25, -0.2) is 9.97 Å². The highest BCUT2D eigenvalue weighted by Gasteiger charge is 2.42. The van der Waals surface area contributed by atoms with Gasteiger partial charge < -0.3 is 15.5 Å². The van der Waals surface area contributed by atoms with Gasteiger partial charge >= 0.3 is 0 Å². The van der Waals surface area contributed by atoms with Crippen LogP contribution in [0.4, 0.5) is 0 Å². The molecule has 3 atom stereocenters. The molecule has 1 fully saturated rings. The second-order valence-electron chi connectivity index (χ2n) is 10.8. The first-order valence-electron chi connectivity index (χ1n) is 12.9. The van der Waals surface area contributed by atoms with Crippen molar-refractivity contribution in [1.29, 1.82) is 0 Å². The van der Waals surface area contributed by atoms with Gasteiger partial charge in [0.05, 0.1) is 34.5 Å². The standard InChI is InChI=1S/C28H33ClN6O3S/c1-16(18-8-10-19(11-9-18)23-17(2)31-15-39-23)32-26(37)21-7-6-12-35(21)27(38)24(28(3,4)5)34-25(36)20-13-30-14-22(29)33-20/h8-11,13-16,21,24H,6-7,12H2,1-5H3,(H,32,37)(H,34,36)/t16-,21-,24?/m0/s1. The van der Waals surface area contributed by atoms with Crippen molar-refractivity contribution in [3.63, 3.8) is 0 Å². The minimum Gasteiger partial charge on any atom is -0.348 e. The van der Waals surface area contributed by atoms with Crippen LogP contribution in [0.15, 0.2) is 42.2 Å². The van der Waals surface area contributed by atoms with Gasteiger partial charge in [-0.05, 0) is 43.2 Å². The number of nitrogens with zero attached hydrogens (tertiary/aromatic N) is 4. The first-order valence-corrected chi connectivity index (χ1v) is 14.1. The summed E-state index contributed by atoms with van der Waals surface area (Å²) < 4.78 is 0. The lowest BCUT2D eigenvalue weighted by Crippen LogP contribution is -2.57. The quantitative estimate of drug-likeness (QED) is 0.431. The molecule has 3 amide bonds. The van der Waals surface area contributed by atoms with Crippen molar-refractivity contribution >= 4 is 40.7 Å². The lowest BCUT2D eigenvalue weighted by atomic mass is 9.85. The Labute approximate surface area is 237 Å². The Hall–Kier alpha value is -3.37. The largest absolute Gasteiger partial charge is 0.348 e. The summed E-state index contributed by atoms with van der Waals surface area (Å²) >= 11 is 7.48. The van der Waals surface area contributed by atoms with Gasteiger partial charge in [0.1, 0.15) is 22.9 Å². The Bertz CT molecular complexity index is 1350. The number of benzene rings is 1. The van der Waals surface area contributed by atoms with Crippen LogP contribution in [0.25, 0.3) is 10.4 Å². The highest BCUT2D eigenvalue weighted by atomic mass is 35.5. The maximum atomic E-state index is 13.7. The smallest absolute Gasteiger partial charge is 0.272 e. The Kier molecular flexibility index (Phi) is 8.66. The molecule has 0 spiro atoms. The Morgan fingerprint density at radius 1 is 1.13 bits per heavy atom. The molecule has 0 radical (unpaired) electrons. The minimum atomic E-state index is -0.876. The number of aryl methyl sites for hydroxylation is 1. The van der Waals surface area contributed by atoms with E-state index in [0.717, 1.165) is 21.7 Å². The van der Waals surface area contributed by atoms with E-state index in [-0.39, 0.29) is 28.7 Å². The van der Waals surface area contributed by atoms with Crippen molar-refractivity contribution in [3.8, 4) is 10.4 Å². The molecule has 2 N–H and O–H groups in total. The average Bonchev–Trinajstić information content (AvgIpc) is 3.55. The molecule has 0 saturated carbocycles. The number of rotatable bonds is 7. The number of hydrogen-bond acceptors (Lipinski definition) is 7. The van der Waals surface area contributed by atoms with Crippen LogP contribution >= 0.6 is 22.9 Å². The SMILES string of the molecule is Cc1ncsc1-c1ccc([C@H](C)NC(=O)[C@@H]2CCCN2C(=O)C(NC(=O)c2cncc(Cl)n2)C(C)(C)C)cc1. The van der Waals surface area contributed by atoms with E-state index in [1.54, 1.807) is 16.2 Å². The molecule has 0 bridgehead atoms. The fraction of sp³-hybridized carbons (Fsp3) is 0.429. The molecule has 206 valence electrons. The predicted octanol–water partition coefficient (Wildman–Crippen LogP) is 4.57. The first-order chi connectivity index (χ1) is 18.5. The summed E-state index contributed by atoms with van der Waals surface area (Å²) in [6.07, 6.45) is 3.88. The highest BCUT2D eigenvalue weighted by molar-refractivity contribution is 7.13. The second-order valence-corrected chi connectivity index (χ2v) is 12.1. The fourth-order valence-corrected chi connectivity index (χ4v) is 5.63. The average molecular weight is 569 g/mol. The molecule has 1 unspecified atom stereocenters. The molecule has 1 aliphatic heterocycles. The van der Waals surface area contributed by atoms with Gasteiger partial charge in [-0.1, -0.05) is 56.6 Å². The van der Waals surface area contributed by atoms with Crippen molar-refractivity contribution in [2.45, 2.75) is 65.6 Å². The van der Waals surface area contributed by atoms with Gasteiger partial charge in [0, 0.05) is 6.54 Å². The van der Waals surface area contributed by atoms with Crippen LogP contribution in [0, 0.1) is 12.3 Å². The number of carbonyl (C=O) groups is 3. The number of carbonyl (C=O) groups excluding carboxylic acids is 3. The Morgan fingerprint density at radius 3 is 2.46 bits per heavy atom. The zero-order valence-corrected chi connectivity index (χ0v) is 24.3. The van der Waals surface area contributed by atoms with E-state index in [4.69, 9.17) is 11.6 Å². The third kappa shape index (κ3) is 6.62. The number of thiazole rings is 1. The number of hydrogen-bond donors (Lipinski definition) is 2. The van der Waals surface area contributed by atoms with Crippen LogP contribution in [0.5, 0.6) is 0 Å². The minimum absolute atomic E-state index is 0.0191. The van der Waals surface area contributed by atoms with Gasteiger partial charge in [-0.15, -0.1) is 11.3 Å². The van der Waals surface area contributed by atoms with Crippen molar-refractivity contribution in [2.24, 2.45) is 5.41 Å².